The number of nitrogens with one attached hydrogen (secondary N) is 1. The van der Waals surface area contributed by atoms with Gasteiger partial charge in [-0.2, -0.15) is 0 Å². The number of rotatable bonds is 7. The van der Waals surface area contributed by atoms with Crippen molar-refractivity contribution in [3.63, 3.8) is 0 Å². The molecule has 0 unspecified atom stereocenters. The van der Waals surface area contributed by atoms with Crippen LogP contribution in [-0.4, -0.2) is 23.9 Å². The molecule has 4 rings (SSSR count). The van der Waals surface area contributed by atoms with E-state index in [-0.39, 0.29) is 18.3 Å². The van der Waals surface area contributed by atoms with Gasteiger partial charge in [-0.05, 0) is 103 Å². The van der Waals surface area contributed by atoms with E-state index >= 15 is 0 Å². The first-order valence-electron chi connectivity index (χ1n) is 10.3. The number of piperidine rings is 1. The molecule has 30 heavy (non-hydrogen) atoms. The number of furan rings is 1. The molecule has 3 aromatic rings. The van der Waals surface area contributed by atoms with Crippen LogP contribution >= 0.6 is 22.6 Å². The molecule has 156 valence electrons. The standard InChI is InChI=1S/C24H25IN2O3/c25-19-6-10-21(11-7-19)29-17-22-12-13-23(30-22)24(28)26-20-8-4-18(5-9-20)16-27-14-2-1-3-15-27/h4-13H,1-3,14-17H2,(H,26,28). The van der Waals surface area contributed by atoms with Crippen LogP contribution in [0.15, 0.2) is 65.1 Å². The Morgan fingerprint density at radius 3 is 2.43 bits per heavy atom. The lowest BCUT2D eigenvalue weighted by Gasteiger charge is -2.26. The fourth-order valence-electron chi connectivity index (χ4n) is 3.52. The van der Waals surface area contributed by atoms with E-state index in [0.29, 0.717) is 5.76 Å². The molecule has 0 saturated carbocycles. The molecule has 1 aliphatic rings. The quantitative estimate of drug-likeness (QED) is 0.410. The third-order valence-electron chi connectivity index (χ3n) is 5.15. The average Bonchev–Trinajstić information content (AvgIpc) is 3.25. The van der Waals surface area contributed by atoms with Gasteiger partial charge in [-0.3, -0.25) is 9.69 Å². The Morgan fingerprint density at radius 1 is 0.967 bits per heavy atom. The van der Waals surface area contributed by atoms with Crippen molar-refractivity contribution in [1.29, 1.82) is 0 Å². The maximum absolute atomic E-state index is 12.5. The van der Waals surface area contributed by atoms with Gasteiger partial charge in [-0.15, -0.1) is 0 Å². The summed E-state index contributed by atoms with van der Waals surface area (Å²) in [6.07, 6.45) is 3.91. The third kappa shape index (κ3) is 5.86. The molecule has 1 aliphatic heterocycles. The van der Waals surface area contributed by atoms with Crippen LogP contribution < -0.4 is 10.1 Å². The molecule has 2 heterocycles. The number of halogens is 1. The Hall–Kier alpha value is -2.32. The van der Waals surface area contributed by atoms with Gasteiger partial charge < -0.3 is 14.5 Å². The first-order chi connectivity index (χ1) is 14.7. The van der Waals surface area contributed by atoms with Crippen molar-refractivity contribution in [2.75, 3.05) is 18.4 Å². The Kier molecular flexibility index (Phi) is 7.07. The van der Waals surface area contributed by atoms with Crippen molar-refractivity contribution < 1.29 is 13.9 Å². The minimum Gasteiger partial charge on any atom is -0.486 e. The summed E-state index contributed by atoms with van der Waals surface area (Å²) in [5, 5.41) is 2.89. The van der Waals surface area contributed by atoms with Gasteiger partial charge in [0, 0.05) is 15.8 Å². The largest absolute Gasteiger partial charge is 0.486 e. The zero-order chi connectivity index (χ0) is 20.8. The number of anilines is 1. The lowest BCUT2D eigenvalue weighted by atomic mass is 10.1. The molecule has 1 amide bonds. The van der Waals surface area contributed by atoms with Gasteiger partial charge in [0.05, 0.1) is 0 Å². The molecule has 1 fully saturated rings. The molecule has 0 bridgehead atoms. The Morgan fingerprint density at radius 2 is 1.70 bits per heavy atom. The van der Waals surface area contributed by atoms with Crippen molar-refractivity contribution in [2.24, 2.45) is 0 Å². The smallest absolute Gasteiger partial charge is 0.291 e. The van der Waals surface area contributed by atoms with Crippen LogP contribution in [0.2, 0.25) is 0 Å². The highest BCUT2D eigenvalue weighted by atomic mass is 127. The molecule has 1 N–H and O–H groups in total. The first-order valence-corrected chi connectivity index (χ1v) is 11.3. The van der Waals surface area contributed by atoms with Crippen LogP contribution in [0.1, 0.15) is 41.1 Å². The fourth-order valence-corrected chi connectivity index (χ4v) is 3.88. The van der Waals surface area contributed by atoms with Crippen molar-refractivity contribution in [3.8, 4) is 5.75 Å². The maximum atomic E-state index is 12.5. The minimum absolute atomic E-state index is 0.265. The summed E-state index contributed by atoms with van der Waals surface area (Å²) in [4.78, 5) is 15.0. The Balaban J connectivity index is 1.28. The van der Waals surface area contributed by atoms with Gasteiger partial charge in [0.2, 0.25) is 0 Å². The van der Waals surface area contributed by atoms with E-state index in [0.717, 1.165) is 21.6 Å². The molecule has 6 heteroatoms. The van der Waals surface area contributed by atoms with Gasteiger partial charge >= 0.3 is 0 Å². The minimum atomic E-state index is -0.265. The molecule has 0 atom stereocenters. The summed E-state index contributed by atoms with van der Waals surface area (Å²) in [7, 11) is 0. The second-order valence-electron chi connectivity index (χ2n) is 7.50. The summed E-state index contributed by atoms with van der Waals surface area (Å²) in [5.74, 6) is 1.38. The van der Waals surface area contributed by atoms with Crippen LogP contribution in [0.5, 0.6) is 5.75 Å². The van der Waals surface area contributed by atoms with Gasteiger partial charge in [-0.1, -0.05) is 18.6 Å². The number of carbonyl (C=O) groups is 1. The van der Waals surface area contributed by atoms with E-state index in [1.54, 1.807) is 12.1 Å². The molecular formula is C24H25IN2O3. The topological polar surface area (TPSA) is 54.7 Å². The fraction of sp³-hybridized carbons (Fsp3) is 0.292. The van der Waals surface area contributed by atoms with E-state index < -0.39 is 0 Å². The zero-order valence-electron chi connectivity index (χ0n) is 16.8. The molecular weight excluding hydrogens is 491 g/mol. The highest BCUT2D eigenvalue weighted by Gasteiger charge is 2.13. The van der Waals surface area contributed by atoms with E-state index in [1.807, 2.05) is 36.4 Å². The highest BCUT2D eigenvalue weighted by Crippen LogP contribution is 2.18. The number of ether oxygens (including phenoxy) is 1. The lowest BCUT2D eigenvalue weighted by molar-refractivity contribution is 0.0992. The first kappa shape index (κ1) is 20.9. The molecule has 0 radical (unpaired) electrons. The number of benzene rings is 2. The van der Waals surface area contributed by atoms with Gasteiger partial charge in [0.1, 0.15) is 18.1 Å². The molecule has 5 nitrogen and oxygen atoms in total. The predicted molar refractivity (Wildman–Crippen MR) is 126 cm³/mol. The maximum Gasteiger partial charge on any atom is 0.291 e. The van der Waals surface area contributed by atoms with E-state index in [9.17, 15) is 4.79 Å². The number of nitrogens with zero attached hydrogens (tertiary/aromatic N) is 1. The SMILES string of the molecule is O=C(Nc1ccc(CN2CCCCC2)cc1)c1ccc(COc2ccc(I)cc2)o1. The van der Waals surface area contributed by atoms with E-state index in [2.05, 4.69) is 44.9 Å². The van der Waals surface area contributed by atoms with Gasteiger partial charge in [-0.25, -0.2) is 0 Å². The molecule has 0 aliphatic carbocycles. The molecule has 1 saturated heterocycles. The lowest BCUT2D eigenvalue weighted by Crippen LogP contribution is -2.29. The van der Waals surface area contributed by atoms with E-state index in [1.165, 1.54) is 37.9 Å². The molecule has 2 aromatic carbocycles. The van der Waals surface area contributed by atoms with Crippen molar-refractivity contribution in [3.05, 3.63) is 81.3 Å². The zero-order valence-corrected chi connectivity index (χ0v) is 18.9. The monoisotopic (exact) mass is 516 g/mol. The summed E-state index contributed by atoms with van der Waals surface area (Å²) in [5.41, 5.74) is 2.03. The number of amides is 1. The van der Waals surface area contributed by atoms with Crippen LogP contribution in [0.3, 0.4) is 0 Å². The van der Waals surface area contributed by atoms with Crippen LogP contribution in [0, 0.1) is 3.57 Å². The molecule has 1 aromatic heterocycles. The Bertz CT molecular complexity index is 961. The normalized spacial score (nSPS) is 14.4. The predicted octanol–water partition coefficient (Wildman–Crippen LogP) is 5.70. The summed E-state index contributed by atoms with van der Waals surface area (Å²) < 4.78 is 12.5. The summed E-state index contributed by atoms with van der Waals surface area (Å²) in [6.45, 7) is 3.59. The van der Waals surface area contributed by atoms with Crippen molar-refractivity contribution in [1.82, 2.24) is 4.90 Å². The van der Waals surface area contributed by atoms with Crippen molar-refractivity contribution in [2.45, 2.75) is 32.4 Å². The molecule has 0 spiro atoms. The van der Waals surface area contributed by atoms with Crippen LogP contribution in [-0.2, 0) is 13.2 Å². The number of likely N-dealkylation sites (tertiary alicyclic amines) is 1. The van der Waals surface area contributed by atoms with Crippen LogP contribution in [0.4, 0.5) is 5.69 Å². The highest BCUT2D eigenvalue weighted by molar-refractivity contribution is 14.1. The van der Waals surface area contributed by atoms with Crippen LogP contribution in [0.25, 0.3) is 0 Å². The average molecular weight is 516 g/mol. The second kappa shape index (κ2) is 10.1. The third-order valence-corrected chi connectivity index (χ3v) is 5.87. The number of hydrogen-bond acceptors (Lipinski definition) is 4. The second-order valence-corrected chi connectivity index (χ2v) is 8.74. The summed E-state index contributed by atoms with van der Waals surface area (Å²) >= 11 is 2.25. The number of carbonyl (C=O) groups excluding carboxylic acids is 1. The Labute approximate surface area is 190 Å². The van der Waals surface area contributed by atoms with Gasteiger partial charge in [0.15, 0.2) is 5.76 Å². The van der Waals surface area contributed by atoms with E-state index in [4.69, 9.17) is 9.15 Å². The van der Waals surface area contributed by atoms with Crippen molar-refractivity contribution >= 4 is 34.2 Å². The summed E-state index contributed by atoms with van der Waals surface area (Å²) in [6, 6.07) is 19.3. The number of hydrogen-bond donors (Lipinski definition) is 1. The van der Waals surface area contributed by atoms with Gasteiger partial charge in [0.25, 0.3) is 5.91 Å².